The summed E-state index contributed by atoms with van der Waals surface area (Å²) in [5.41, 5.74) is 6.28. The maximum Gasteiger partial charge on any atom is 0.278 e. The summed E-state index contributed by atoms with van der Waals surface area (Å²) in [6.45, 7) is 8.86. The molecule has 1 aliphatic carbocycles. The highest BCUT2D eigenvalue weighted by Gasteiger charge is 2.28. The fourth-order valence-electron chi connectivity index (χ4n) is 3.91. The van der Waals surface area contributed by atoms with Crippen LogP contribution < -0.4 is 5.32 Å². The SMILES string of the molecule is Cc1ccccc1Cn1nc(C)c(NC(=O)c2noc3c2CC(C)CC3)c1C. The summed E-state index contributed by atoms with van der Waals surface area (Å²) < 4.78 is 7.36. The van der Waals surface area contributed by atoms with E-state index in [1.165, 1.54) is 11.1 Å². The molecule has 4 rings (SSSR count). The second-order valence-electron chi connectivity index (χ2n) is 7.86. The number of aromatic nitrogens is 3. The lowest BCUT2D eigenvalue weighted by molar-refractivity contribution is 0.101. The van der Waals surface area contributed by atoms with Gasteiger partial charge in [0, 0.05) is 12.0 Å². The Morgan fingerprint density at radius 1 is 1.29 bits per heavy atom. The number of benzene rings is 1. The van der Waals surface area contributed by atoms with Gasteiger partial charge in [-0.25, -0.2) is 0 Å². The van der Waals surface area contributed by atoms with Crippen LogP contribution in [0.25, 0.3) is 0 Å². The molecule has 0 bridgehead atoms. The summed E-state index contributed by atoms with van der Waals surface area (Å²) in [6.07, 6.45) is 2.77. The van der Waals surface area contributed by atoms with Gasteiger partial charge in [-0.05, 0) is 50.7 Å². The minimum absolute atomic E-state index is 0.222. The van der Waals surface area contributed by atoms with Crippen LogP contribution >= 0.6 is 0 Å². The zero-order valence-electron chi connectivity index (χ0n) is 16.9. The van der Waals surface area contributed by atoms with Crippen LogP contribution in [0.4, 0.5) is 5.69 Å². The predicted molar refractivity (Wildman–Crippen MR) is 108 cm³/mol. The highest BCUT2D eigenvalue weighted by molar-refractivity contribution is 6.04. The van der Waals surface area contributed by atoms with Crippen LogP contribution in [0, 0.1) is 26.7 Å². The molecule has 1 aromatic carbocycles. The number of fused-ring (bicyclic) bond motifs is 1. The third-order valence-electron chi connectivity index (χ3n) is 5.70. The van der Waals surface area contributed by atoms with Gasteiger partial charge in [0.15, 0.2) is 5.69 Å². The Morgan fingerprint density at radius 3 is 2.86 bits per heavy atom. The third-order valence-corrected chi connectivity index (χ3v) is 5.70. The van der Waals surface area contributed by atoms with Crippen molar-refractivity contribution in [2.45, 2.75) is 53.5 Å². The van der Waals surface area contributed by atoms with Crippen LogP contribution in [0.15, 0.2) is 28.8 Å². The Kier molecular flexibility index (Phi) is 4.79. The van der Waals surface area contributed by atoms with E-state index in [0.717, 1.165) is 47.7 Å². The standard InChI is InChI=1S/C22H26N4O2/c1-13-9-10-19-18(11-13)21(25-28-19)22(27)23-20-15(3)24-26(16(20)4)12-17-8-6-5-7-14(17)2/h5-8,13H,9-12H2,1-4H3,(H,23,27). The summed E-state index contributed by atoms with van der Waals surface area (Å²) in [6, 6.07) is 8.27. The second kappa shape index (κ2) is 7.26. The predicted octanol–water partition coefficient (Wildman–Crippen LogP) is 4.22. The molecule has 28 heavy (non-hydrogen) atoms. The molecular formula is C22H26N4O2. The molecule has 6 heteroatoms. The van der Waals surface area contributed by atoms with Crippen molar-refractivity contribution in [3.8, 4) is 0 Å². The molecule has 2 heterocycles. The van der Waals surface area contributed by atoms with Crippen molar-refractivity contribution in [1.82, 2.24) is 14.9 Å². The molecule has 1 N–H and O–H groups in total. The average Bonchev–Trinajstić information content (AvgIpc) is 3.19. The number of nitrogens with zero attached hydrogens (tertiary/aromatic N) is 3. The Bertz CT molecular complexity index is 1030. The van der Waals surface area contributed by atoms with E-state index in [4.69, 9.17) is 4.52 Å². The van der Waals surface area contributed by atoms with Crippen LogP contribution in [0.2, 0.25) is 0 Å². The highest BCUT2D eigenvalue weighted by atomic mass is 16.5. The summed E-state index contributed by atoms with van der Waals surface area (Å²) in [4.78, 5) is 12.9. The van der Waals surface area contributed by atoms with Crippen molar-refractivity contribution in [3.63, 3.8) is 0 Å². The van der Waals surface area contributed by atoms with Gasteiger partial charge in [-0.2, -0.15) is 5.10 Å². The van der Waals surface area contributed by atoms with Crippen LogP contribution in [-0.2, 0) is 19.4 Å². The van der Waals surface area contributed by atoms with E-state index in [9.17, 15) is 4.79 Å². The second-order valence-corrected chi connectivity index (χ2v) is 7.86. The molecule has 1 aliphatic rings. The van der Waals surface area contributed by atoms with E-state index in [1.54, 1.807) is 0 Å². The fraction of sp³-hybridized carbons (Fsp3) is 0.409. The molecule has 1 amide bonds. The molecule has 0 fully saturated rings. The Balaban J connectivity index is 1.58. The van der Waals surface area contributed by atoms with E-state index in [2.05, 4.69) is 41.6 Å². The van der Waals surface area contributed by atoms with Gasteiger partial charge < -0.3 is 9.84 Å². The maximum atomic E-state index is 12.9. The van der Waals surface area contributed by atoms with E-state index in [-0.39, 0.29) is 5.91 Å². The topological polar surface area (TPSA) is 73.0 Å². The van der Waals surface area contributed by atoms with Gasteiger partial charge in [-0.15, -0.1) is 0 Å². The van der Waals surface area contributed by atoms with Gasteiger partial charge in [-0.3, -0.25) is 9.48 Å². The van der Waals surface area contributed by atoms with E-state index < -0.39 is 0 Å². The van der Waals surface area contributed by atoms with Gasteiger partial charge in [0.25, 0.3) is 5.91 Å². The summed E-state index contributed by atoms with van der Waals surface area (Å²) >= 11 is 0. The molecule has 0 saturated carbocycles. The number of anilines is 1. The Hall–Kier alpha value is -2.89. The molecule has 0 aliphatic heterocycles. The number of amides is 1. The van der Waals surface area contributed by atoms with Crippen LogP contribution in [0.1, 0.15) is 57.7 Å². The largest absolute Gasteiger partial charge is 0.360 e. The molecule has 6 nitrogen and oxygen atoms in total. The highest BCUT2D eigenvalue weighted by Crippen LogP contribution is 2.29. The first-order valence-electron chi connectivity index (χ1n) is 9.81. The van der Waals surface area contributed by atoms with Crippen LogP contribution in [0.5, 0.6) is 0 Å². The van der Waals surface area contributed by atoms with Crippen molar-refractivity contribution in [2.24, 2.45) is 5.92 Å². The van der Waals surface area contributed by atoms with Gasteiger partial charge in [-0.1, -0.05) is 36.3 Å². The minimum Gasteiger partial charge on any atom is -0.360 e. The minimum atomic E-state index is -0.222. The number of rotatable bonds is 4. The first-order valence-corrected chi connectivity index (χ1v) is 9.81. The maximum absolute atomic E-state index is 12.9. The summed E-state index contributed by atoms with van der Waals surface area (Å²) in [5.74, 6) is 1.17. The quantitative estimate of drug-likeness (QED) is 0.738. The lowest BCUT2D eigenvalue weighted by Gasteiger charge is -2.16. The first-order chi connectivity index (χ1) is 13.4. The summed E-state index contributed by atoms with van der Waals surface area (Å²) in [5, 5.41) is 11.7. The van der Waals surface area contributed by atoms with E-state index in [0.29, 0.717) is 18.2 Å². The molecular weight excluding hydrogens is 352 g/mol. The number of nitrogens with one attached hydrogen (secondary N) is 1. The Labute approximate surface area is 164 Å². The number of aryl methyl sites for hydroxylation is 3. The molecule has 1 unspecified atom stereocenters. The van der Waals surface area contributed by atoms with Crippen molar-refractivity contribution < 1.29 is 9.32 Å². The lowest BCUT2D eigenvalue weighted by atomic mass is 9.88. The van der Waals surface area contributed by atoms with Crippen molar-refractivity contribution in [3.05, 3.63) is 63.8 Å². The first kappa shape index (κ1) is 18.5. The zero-order chi connectivity index (χ0) is 19.8. The Morgan fingerprint density at radius 2 is 2.07 bits per heavy atom. The number of carbonyl (C=O) groups excluding carboxylic acids is 1. The van der Waals surface area contributed by atoms with Crippen LogP contribution in [0.3, 0.4) is 0 Å². The van der Waals surface area contributed by atoms with Gasteiger partial charge in [0.1, 0.15) is 5.76 Å². The normalized spacial score (nSPS) is 16.1. The smallest absolute Gasteiger partial charge is 0.278 e. The number of carbonyl (C=O) groups is 1. The third kappa shape index (κ3) is 3.35. The molecule has 146 valence electrons. The molecule has 0 radical (unpaired) electrons. The summed E-state index contributed by atoms with van der Waals surface area (Å²) in [7, 11) is 0. The van der Waals surface area contributed by atoms with Crippen LogP contribution in [-0.4, -0.2) is 20.8 Å². The molecule has 0 saturated heterocycles. The number of hydrogen-bond acceptors (Lipinski definition) is 4. The van der Waals surface area contributed by atoms with Gasteiger partial charge in [0.05, 0.1) is 23.6 Å². The zero-order valence-corrected chi connectivity index (χ0v) is 16.9. The van der Waals surface area contributed by atoms with E-state index >= 15 is 0 Å². The number of hydrogen-bond donors (Lipinski definition) is 1. The van der Waals surface area contributed by atoms with Gasteiger partial charge >= 0.3 is 0 Å². The lowest BCUT2D eigenvalue weighted by Crippen LogP contribution is -2.18. The van der Waals surface area contributed by atoms with Crippen molar-refractivity contribution in [1.29, 1.82) is 0 Å². The molecule has 0 spiro atoms. The molecule has 2 aromatic heterocycles. The average molecular weight is 378 g/mol. The van der Waals surface area contributed by atoms with E-state index in [1.807, 2.05) is 30.7 Å². The fourth-order valence-corrected chi connectivity index (χ4v) is 3.91. The molecule has 1 atom stereocenters. The van der Waals surface area contributed by atoms with Crippen molar-refractivity contribution in [2.75, 3.05) is 5.32 Å². The van der Waals surface area contributed by atoms with Crippen molar-refractivity contribution >= 4 is 11.6 Å². The monoisotopic (exact) mass is 378 g/mol. The van der Waals surface area contributed by atoms with Gasteiger partial charge in [0.2, 0.25) is 0 Å². The molecule has 3 aromatic rings.